The molecule has 0 bridgehead atoms. The van der Waals surface area contributed by atoms with Crippen molar-refractivity contribution < 1.29 is 9.18 Å². The zero-order chi connectivity index (χ0) is 19.5. The van der Waals surface area contributed by atoms with E-state index in [1.165, 1.54) is 17.8 Å². The highest BCUT2D eigenvalue weighted by atomic mass is 32.2. The molecule has 140 valence electrons. The van der Waals surface area contributed by atoms with Gasteiger partial charge >= 0.3 is 0 Å². The molecule has 28 heavy (non-hydrogen) atoms. The van der Waals surface area contributed by atoms with E-state index in [1.807, 2.05) is 10.6 Å². The third kappa shape index (κ3) is 3.89. The van der Waals surface area contributed by atoms with E-state index in [-0.39, 0.29) is 23.5 Å². The van der Waals surface area contributed by atoms with Crippen molar-refractivity contribution in [2.75, 3.05) is 11.1 Å². The minimum absolute atomic E-state index is 0.155. The maximum atomic E-state index is 14.2. The number of hydrogen-bond acceptors (Lipinski definition) is 5. The second kappa shape index (κ2) is 7.82. The first kappa shape index (κ1) is 18.2. The second-order valence-electron chi connectivity index (χ2n) is 6.41. The van der Waals surface area contributed by atoms with Crippen LogP contribution in [-0.2, 0) is 4.79 Å². The molecule has 1 aliphatic rings. The lowest BCUT2D eigenvalue weighted by Crippen LogP contribution is -2.14. The first-order valence-corrected chi connectivity index (χ1v) is 9.77. The second-order valence-corrected chi connectivity index (χ2v) is 7.36. The summed E-state index contributed by atoms with van der Waals surface area (Å²) in [7, 11) is 0. The van der Waals surface area contributed by atoms with Gasteiger partial charge in [-0.3, -0.25) is 9.36 Å². The zero-order valence-corrected chi connectivity index (χ0v) is 15.6. The van der Waals surface area contributed by atoms with Crippen molar-refractivity contribution >= 4 is 23.4 Å². The van der Waals surface area contributed by atoms with Gasteiger partial charge in [0.05, 0.1) is 22.9 Å². The number of thioether (sulfide) groups is 1. The van der Waals surface area contributed by atoms with Crippen LogP contribution in [0.3, 0.4) is 0 Å². The normalized spacial score (nSPS) is 13.1. The highest BCUT2D eigenvalue weighted by Gasteiger charge is 2.31. The van der Waals surface area contributed by atoms with E-state index in [2.05, 4.69) is 15.5 Å². The lowest BCUT2D eigenvalue weighted by Gasteiger charge is -2.09. The van der Waals surface area contributed by atoms with E-state index in [1.54, 1.807) is 42.5 Å². The van der Waals surface area contributed by atoms with Gasteiger partial charge in [0.1, 0.15) is 5.82 Å². The van der Waals surface area contributed by atoms with Gasteiger partial charge in [0.2, 0.25) is 5.91 Å². The number of halogens is 1. The molecule has 3 aromatic rings. The molecule has 0 unspecified atom stereocenters. The fourth-order valence-electron chi connectivity index (χ4n) is 2.82. The van der Waals surface area contributed by atoms with E-state index < -0.39 is 0 Å². The summed E-state index contributed by atoms with van der Waals surface area (Å²) in [6.45, 7) is 0. The summed E-state index contributed by atoms with van der Waals surface area (Å²) in [4.78, 5) is 12.3. The van der Waals surface area contributed by atoms with Gasteiger partial charge < -0.3 is 5.32 Å². The number of anilines is 1. The first-order valence-electron chi connectivity index (χ1n) is 8.78. The molecule has 1 amide bonds. The van der Waals surface area contributed by atoms with Gasteiger partial charge in [0.15, 0.2) is 11.0 Å². The molecule has 1 heterocycles. The van der Waals surface area contributed by atoms with Crippen molar-refractivity contribution in [3.05, 3.63) is 59.9 Å². The predicted octanol–water partition coefficient (Wildman–Crippen LogP) is 4.02. The molecule has 0 saturated heterocycles. The molecular formula is C20H16FN5OS. The van der Waals surface area contributed by atoms with Crippen molar-refractivity contribution in [2.45, 2.75) is 24.0 Å². The Morgan fingerprint density at radius 3 is 2.64 bits per heavy atom. The third-order valence-corrected chi connectivity index (χ3v) is 5.26. The van der Waals surface area contributed by atoms with Gasteiger partial charge in [0, 0.05) is 11.7 Å². The SMILES string of the molecule is N#Cc1ccc(NC(=O)CSc2nnc(-c3ccccc3F)n2C2CC2)cc1. The molecule has 0 aliphatic heterocycles. The average Bonchev–Trinajstić information content (AvgIpc) is 3.47. The summed E-state index contributed by atoms with van der Waals surface area (Å²) in [6.07, 6.45) is 1.98. The standard InChI is InChI=1S/C20H16FN5OS/c21-17-4-2-1-3-16(17)19-24-25-20(26(19)15-9-10-15)28-12-18(27)23-14-7-5-13(11-22)6-8-14/h1-8,15H,9-10,12H2,(H,23,27). The Morgan fingerprint density at radius 2 is 1.96 bits per heavy atom. The monoisotopic (exact) mass is 393 g/mol. The number of nitrogens with one attached hydrogen (secondary N) is 1. The Balaban J connectivity index is 1.47. The van der Waals surface area contributed by atoms with Crippen LogP contribution in [0.15, 0.2) is 53.7 Å². The largest absolute Gasteiger partial charge is 0.325 e. The van der Waals surface area contributed by atoms with Crippen LogP contribution in [0.4, 0.5) is 10.1 Å². The minimum atomic E-state index is -0.341. The summed E-state index contributed by atoms with van der Waals surface area (Å²) in [5, 5.41) is 20.6. The van der Waals surface area contributed by atoms with Gasteiger partial charge in [-0.15, -0.1) is 10.2 Å². The molecule has 8 heteroatoms. The molecule has 4 rings (SSSR count). The van der Waals surface area contributed by atoms with Gasteiger partial charge in [-0.2, -0.15) is 5.26 Å². The third-order valence-electron chi connectivity index (χ3n) is 4.32. The van der Waals surface area contributed by atoms with Crippen LogP contribution >= 0.6 is 11.8 Å². The van der Waals surface area contributed by atoms with E-state index in [4.69, 9.17) is 5.26 Å². The number of nitrogens with zero attached hydrogens (tertiary/aromatic N) is 4. The number of nitriles is 1. The van der Waals surface area contributed by atoms with Gasteiger partial charge in [-0.1, -0.05) is 23.9 Å². The number of carbonyl (C=O) groups is 1. The molecule has 1 aromatic heterocycles. The molecule has 1 fully saturated rings. The number of carbonyl (C=O) groups excluding carboxylic acids is 1. The summed E-state index contributed by atoms with van der Waals surface area (Å²) in [5.41, 5.74) is 1.57. The molecule has 6 nitrogen and oxygen atoms in total. The molecule has 0 atom stereocenters. The van der Waals surface area contributed by atoms with Crippen LogP contribution in [0.25, 0.3) is 11.4 Å². The van der Waals surface area contributed by atoms with Crippen LogP contribution < -0.4 is 5.32 Å². The Bertz CT molecular complexity index is 1050. The average molecular weight is 393 g/mol. The first-order chi connectivity index (χ1) is 13.7. The highest BCUT2D eigenvalue weighted by Crippen LogP contribution is 2.41. The summed E-state index contributed by atoms with van der Waals surface area (Å²) >= 11 is 1.27. The fraction of sp³-hybridized carbons (Fsp3) is 0.200. The Hall–Kier alpha value is -3.18. The molecule has 1 saturated carbocycles. The predicted molar refractivity (Wildman–Crippen MR) is 104 cm³/mol. The number of amides is 1. The fourth-order valence-corrected chi connectivity index (χ4v) is 3.62. The van der Waals surface area contributed by atoms with Crippen molar-refractivity contribution in [1.82, 2.24) is 14.8 Å². The van der Waals surface area contributed by atoms with Crippen LogP contribution in [0.5, 0.6) is 0 Å². The molecule has 1 aliphatic carbocycles. The van der Waals surface area contributed by atoms with Crippen LogP contribution in [0.1, 0.15) is 24.4 Å². The van der Waals surface area contributed by atoms with Gasteiger partial charge in [-0.25, -0.2) is 4.39 Å². The topological polar surface area (TPSA) is 83.6 Å². The molecule has 1 N–H and O–H groups in total. The van der Waals surface area contributed by atoms with Crippen molar-refractivity contribution in [2.24, 2.45) is 0 Å². The quantitative estimate of drug-likeness (QED) is 0.640. The smallest absolute Gasteiger partial charge is 0.234 e. The molecule has 0 spiro atoms. The van der Waals surface area contributed by atoms with Crippen molar-refractivity contribution in [3.63, 3.8) is 0 Å². The van der Waals surface area contributed by atoms with Gasteiger partial charge in [-0.05, 0) is 49.2 Å². The Labute approximate surface area is 165 Å². The maximum Gasteiger partial charge on any atom is 0.234 e. The maximum absolute atomic E-state index is 14.2. The van der Waals surface area contributed by atoms with Crippen molar-refractivity contribution in [1.29, 1.82) is 5.26 Å². The minimum Gasteiger partial charge on any atom is -0.325 e. The van der Waals surface area contributed by atoms with E-state index in [0.29, 0.717) is 27.8 Å². The van der Waals surface area contributed by atoms with E-state index in [9.17, 15) is 9.18 Å². The lowest BCUT2D eigenvalue weighted by atomic mass is 10.2. The van der Waals surface area contributed by atoms with E-state index in [0.717, 1.165) is 12.8 Å². The van der Waals surface area contributed by atoms with Crippen LogP contribution in [-0.4, -0.2) is 26.4 Å². The Kier molecular flexibility index (Phi) is 5.08. The van der Waals surface area contributed by atoms with Crippen molar-refractivity contribution in [3.8, 4) is 17.5 Å². The van der Waals surface area contributed by atoms with Gasteiger partial charge in [0.25, 0.3) is 0 Å². The summed E-state index contributed by atoms with van der Waals surface area (Å²) in [5.74, 6) is 0.122. The Morgan fingerprint density at radius 1 is 1.21 bits per heavy atom. The molecule has 2 aromatic carbocycles. The molecular weight excluding hydrogens is 377 g/mol. The number of rotatable bonds is 6. The summed E-state index contributed by atoms with van der Waals surface area (Å²) < 4.78 is 16.1. The number of hydrogen-bond donors (Lipinski definition) is 1. The highest BCUT2D eigenvalue weighted by molar-refractivity contribution is 7.99. The zero-order valence-electron chi connectivity index (χ0n) is 14.8. The summed E-state index contributed by atoms with van der Waals surface area (Å²) in [6, 6.07) is 15.4. The lowest BCUT2D eigenvalue weighted by molar-refractivity contribution is -0.113. The number of benzene rings is 2. The molecule has 0 radical (unpaired) electrons. The van der Waals surface area contributed by atoms with Crippen LogP contribution in [0.2, 0.25) is 0 Å². The number of aromatic nitrogens is 3. The van der Waals surface area contributed by atoms with Crippen LogP contribution in [0, 0.1) is 17.1 Å². The van der Waals surface area contributed by atoms with E-state index >= 15 is 0 Å².